The van der Waals surface area contributed by atoms with Gasteiger partial charge < -0.3 is 15.8 Å². The van der Waals surface area contributed by atoms with Gasteiger partial charge in [0.15, 0.2) is 0 Å². The minimum absolute atomic E-state index is 0.0250. The summed E-state index contributed by atoms with van der Waals surface area (Å²) in [5, 5.41) is 2.55. The van der Waals surface area contributed by atoms with Gasteiger partial charge in [0.2, 0.25) is 0 Å². The van der Waals surface area contributed by atoms with Crippen LogP contribution < -0.4 is 15.8 Å². The summed E-state index contributed by atoms with van der Waals surface area (Å²) in [6.45, 7) is 3.81. The Morgan fingerprint density at radius 1 is 1.47 bits per heavy atom. The maximum absolute atomic E-state index is 11.5. The predicted octanol–water partition coefficient (Wildman–Crippen LogP) is 1.42. The van der Waals surface area contributed by atoms with Crippen LogP contribution in [0.25, 0.3) is 0 Å². The second kappa shape index (κ2) is 4.68. The molecule has 1 aromatic carbocycles. The van der Waals surface area contributed by atoms with Crippen molar-refractivity contribution in [2.45, 2.75) is 20.0 Å². The Morgan fingerprint density at radius 2 is 2.13 bits per heavy atom. The second-order valence-electron chi connectivity index (χ2n) is 3.50. The molecule has 0 unspecified atom stereocenters. The van der Waals surface area contributed by atoms with Crippen LogP contribution in [0.4, 0.5) is 5.69 Å². The lowest BCUT2D eigenvalue weighted by Gasteiger charge is -2.13. The second-order valence-corrected chi connectivity index (χ2v) is 3.50. The lowest BCUT2D eigenvalue weighted by Crippen LogP contribution is -2.20. The van der Waals surface area contributed by atoms with E-state index in [0.29, 0.717) is 17.0 Å². The van der Waals surface area contributed by atoms with Crippen LogP contribution in [0.2, 0.25) is 0 Å². The first-order chi connectivity index (χ1) is 7.04. The van der Waals surface area contributed by atoms with Crippen molar-refractivity contribution in [1.29, 1.82) is 0 Å². The monoisotopic (exact) mass is 208 g/mol. The van der Waals surface area contributed by atoms with Gasteiger partial charge in [0.1, 0.15) is 5.75 Å². The van der Waals surface area contributed by atoms with Crippen LogP contribution in [0.5, 0.6) is 5.75 Å². The number of nitrogen functional groups attached to an aromatic ring is 1. The molecule has 0 aliphatic heterocycles. The summed E-state index contributed by atoms with van der Waals surface area (Å²) >= 11 is 0. The Morgan fingerprint density at radius 3 is 2.67 bits per heavy atom. The Bertz CT molecular complexity index is 362. The largest absolute Gasteiger partial charge is 0.490 e. The molecule has 0 bridgehead atoms. The van der Waals surface area contributed by atoms with Crippen molar-refractivity contribution in [3.63, 3.8) is 0 Å². The Hall–Kier alpha value is -1.71. The summed E-state index contributed by atoms with van der Waals surface area (Å²) in [5.41, 5.74) is 6.63. The molecular formula is C11H16N2O2. The molecule has 82 valence electrons. The van der Waals surface area contributed by atoms with Crippen molar-refractivity contribution in [1.82, 2.24) is 5.32 Å². The third-order valence-corrected chi connectivity index (χ3v) is 1.84. The highest BCUT2D eigenvalue weighted by Gasteiger charge is 2.12. The van der Waals surface area contributed by atoms with Crippen molar-refractivity contribution in [3.8, 4) is 5.75 Å². The van der Waals surface area contributed by atoms with Gasteiger partial charge in [-0.2, -0.15) is 0 Å². The molecule has 4 nitrogen and oxygen atoms in total. The highest BCUT2D eigenvalue weighted by Crippen LogP contribution is 2.22. The maximum Gasteiger partial charge on any atom is 0.254 e. The molecular weight excluding hydrogens is 192 g/mol. The number of nitrogens with one attached hydrogen (secondary N) is 1. The van der Waals surface area contributed by atoms with Crippen LogP contribution in [0.15, 0.2) is 18.2 Å². The van der Waals surface area contributed by atoms with Gasteiger partial charge in [0.25, 0.3) is 5.91 Å². The summed E-state index contributed by atoms with van der Waals surface area (Å²) in [4.78, 5) is 11.5. The van der Waals surface area contributed by atoms with Gasteiger partial charge in [0.05, 0.1) is 11.7 Å². The average Bonchev–Trinajstić information content (AvgIpc) is 2.19. The van der Waals surface area contributed by atoms with E-state index in [1.165, 1.54) is 0 Å². The van der Waals surface area contributed by atoms with E-state index in [4.69, 9.17) is 10.5 Å². The first-order valence-corrected chi connectivity index (χ1v) is 4.83. The van der Waals surface area contributed by atoms with Crippen molar-refractivity contribution < 1.29 is 9.53 Å². The van der Waals surface area contributed by atoms with Crippen LogP contribution in [-0.2, 0) is 0 Å². The van der Waals surface area contributed by atoms with E-state index in [9.17, 15) is 4.79 Å². The number of carbonyl (C=O) groups excluding carboxylic acids is 1. The number of ether oxygens (including phenoxy) is 1. The molecule has 4 heteroatoms. The smallest absolute Gasteiger partial charge is 0.254 e. The normalized spacial score (nSPS) is 10.1. The van der Waals surface area contributed by atoms with E-state index in [0.717, 1.165) is 0 Å². The summed E-state index contributed by atoms with van der Waals surface area (Å²) in [6, 6.07) is 5.03. The van der Waals surface area contributed by atoms with Crippen LogP contribution in [0.3, 0.4) is 0 Å². The van der Waals surface area contributed by atoms with Crippen LogP contribution >= 0.6 is 0 Å². The van der Waals surface area contributed by atoms with E-state index in [2.05, 4.69) is 5.32 Å². The van der Waals surface area contributed by atoms with Gasteiger partial charge >= 0.3 is 0 Å². The fourth-order valence-corrected chi connectivity index (χ4v) is 1.22. The number of hydrogen-bond acceptors (Lipinski definition) is 3. The number of hydrogen-bond donors (Lipinski definition) is 2. The molecule has 0 aliphatic carbocycles. The Balaban J connectivity index is 3.08. The lowest BCUT2D eigenvalue weighted by molar-refractivity contribution is 0.0957. The fraction of sp³-hybridized carbons (Fsp3) is 0.364. The molecule has 0 saturated heterocycles. The van der Waals surface area contributed by atoms with Gasteiger partial charge in [-0.1, -0.05) is 0 Å². The van der Waals surface area contributed by atoms with E-state index < -0.39 is 0 Å². The number of anilines is 1. The van der Waals surface area contributed by atoms with E-state index in [-0.39, 0.29) is 12.0 Å². The molecule has 0 saturated carbocycles. The molecule has 1 aromatic rings. The SMILES string of the molecule is CNC(=O)c1cc(N)ccc1OC(C)C. The standard InChI is InChI=1S/C11H16N2O2/c1-7(2)15-10-5-4-8(12)6-9(10)11(14)13-3/h4-7H,12H2,1-3H3,(H,13,14). The quantitative estimate of drug-likeness (QED) is 0.738. The van der Waals surface area contributed by atoms with Crippen LogP contribution in [0.1, 0.15) is 24.2 Å². The topological polar surface area (TPSA) is 64.4 Å². The molecule has 0 fully saturated rings. The Kier molecular flexibility index (Phi) is 3.55. The van der Waals surface area contributed by atoms with Gasteiger partial charge in [-0.25, -0.2) is 0 Å². The molecule has 0 radical (unpaired) electrons. The molecule has 0 aliphatic rings. The van der Waals surface area contributed by atoms with E-state index in [1.807, 2.05) is 13.8 Å². The fourth-order valence-electron chi connectivity index (χ4n) is 1.22. The van der Waals surface area contributed by atoms with E-state index in [1.54, 1.807) is 25.2 Å². The van der Waals surface area contributed by atoms with Crippen molar-refractivity contribution in [2.24, 2.45) is 0 Å². The first kappa shape index (κ1) is 11.4. The zero-order valence-electron chi connectivity index (χ0n) is 9.20. The zero-order valence-corrected chi connectivity index (χ0v) is 9.20. The molecule has 0 aromatic heterocycles. The summed E-state index contributed by atoms with van der Waals surface area (Å²) in [5.74, 6) is 0.358. The molecule has 15 heavy (non-hydrogen) atoms. The van der Waals surface area contributed by atoms with Gasteiger partial charge in [-0.15, -0.1) is 0 Å². The van der Waals surface area contributed by atoms with E-state index >= 15 is 0 Å². The van der Waals surface area contributed by atoms with Crippen molar-refractivity contribution in [2.75, 3.05) is 12.8 Å². The lowest BCUT2D eigenvalue weighted by atomic mass is 10.1. The average molecular weight is 208 g/mol. The van der Waals surface area contributed by atoms with Gasteiger partial charge in [0, 0.05) is 12.7 Å². The molecule has 1 amide bonds. The minimum atomic E-state index is -0.196. The van der Waals surface area contributed by atoms with Gasteiger partial charge in [-0.3, -0.25) is 4.79 Å². The molecule has 3 N–H and O–H groups in total. The third kappa shape index (κ3) is 2.87. The summed E-state index contributed by atoms with van der Waals surface area (Å²) < 4.78 is 5.51. The summed E-state index contributed by atoms with van der Waals surface area (Å²) in [7, 11) is 1.57. The van der Waals surface area contributed by atoms with Crippen molar-refractivity contribution in [3.05, 3.63) is 23.8 Å². The Labute approximate surface area is 89.4 Å². The van der Waals surface area contributed by atoms with Crippen LogP contribution in [-0.4, -0.2) is 19.1 Å². The molecule has 1 rings (SSSR count). The first-order valence-electron chi connectivity index (χ1n) is 4.83. The van der Waals surface area contributed by atoms with Crippen molar-refractivity contribution >= 4 is 11.6 Å². The number of amides is 1. The third-order valence-electron chi connectivity index (χ3n) is 1.84. The van der Waals surface area contributed by atoms with Crippen LogP contribution in [0, 0.1) is 0 Å². The summed E-state index contributed by atoms with van der Waals surface area (Å²) in [6.07, 6.45) is 0.0250. The maximum atomic E-state index is 11.5. The molecule has 0 heterocycles. The van der Waals surface area contributed by atoms with Gasteiger partial charge in [-0.05, 0) is 32.0 Å². The number of nitrogens with two attached hydrogens (primary N) is 1. The minimum Gasteiger partial charge on any atom is -0.490 e. The predicted molar refractivity (Wildman–Crippen MR) is 60.0 cm³/mol. The highest BCUT2D eigenvalue weighted by atomic mass is 16.5. The number of carbonyl (C=O) groups is 1. The zero-order chi connectivity index (χ0) is 11.4. The number of rotatable bonds is 3. The highest BCUT2D eigenvalue weighted by molar-refractivity contribution is 5.97. The molecule has 0 atom stereocenters. The molecule has 0 spiro atoms. The number of benzene rings is 1.